The summed E-state index contributed by atoms with van der Waals surface area (Å²) in [6, 6.07) is 81.3. The van der Waals surface area contributed by atoms with E-state index < -0.39 is 18.1 Å². The van der Waals surface area contributed by atoms with E-state index in [9.17, 15) is 2.74 Å². The predicted molar refractivity (Wildman–Crippen MR) is 349 cm³/mol. The summed E-state index contributed by atoms with van der Waals surface area (Å²) in [5, 5.41) is 2.08. The summed E-state index contributed by atoms with van der Waals surface area (Å²) in [5.41, 5.74) is 19.1. The Balaban J connectivity index is 0.00000721. The molecule has 6 heteroatoms. The van der Waals surface area contributed by atoms with Gasteiger partial charge in [0.05, 0.1) is 23.6 Å². The number of pyridine rings is 1. The summed E-state index contributed by atoms with van der Waals surface area (Å²) >= 11 is 0. The summed E-state index contributed by atoms with van der Waals surface area (Å²) < 4.78 is 58.6. The van der Waals surface area contributed by atoms with E-state index in [1.807, 2.05) is 71.4 Å². The van der Waals surface area contributed by atoms with Crippen molar-refractivity contribution in [3.63, 3.8) is 0 Å². The molecule has 0 N–H and O–H groups in total. The second kappa shape index (κ2) is 21.4. The van der Waals surface area contributed by atoms with Gasteiger partial charge in [0, 0.05) is 44.3 Å². The van der Waals surface area contributed by atoms with Crippen LogP contribution in [0.15, 0.2) is 255 Å². The molecule has 14 aromatic rings. The second-order valence-electron chi connectivity index (χ2n) is 24.0. The number of hydrogen-bond acceptors (Lipinski definition) is 2. The molecule has 418 valence electrons. The van der Waals surface area contributed by atoms with E-state index in [2.05, 4.69) is 227 Å². The molecule has 4 heterocycles. The standard InChI is InChI=1S/C80H60N4O.Pt/c1-79(2,3)59-36-38-67-65-30-16-17-31-66(65)72-45-57(54-26-14-9-15-27-54)46-75-78(72)83(77-64(33-21-34-70(77)71(67)47-59)58-43-55(52-22-10-7-11-23-52)42-56(44-58)53-24-12-8-13-25-53)51-82(75)61-28-20-29-62(49-61)85-63-37-39-69-68-32-18-19-35-73(68)84(74(69)50-63)76-48-60(40-41-81-76)80(4,5)6;/h7-48H,1-6H3;/q-2;/i9D,14D,15D,26D,27D;. The Labute approximate surface area is 524 Å². The number of nitrogens with zero attached hydrogens (tertiary/aromatic N) is 4. The Hall–Kier alpha value is -9.67. The molecule has 0 saturated carbocycles. The van der Waals surface area contributed by atoms with Gasteiger partial charge in [-0.2, -0.15) is 18.2 Å². The Morgan fingerprint density at radius 2 is 1.05 bits per heavy atom. The molecule has 0 fully saturated rings. The normalized spacial score (nSPS) is 12.8. The Morgan fingerprint density at radius 1 is 0.442 bits per heavy atom. The first-order valence-electron chi connectivity index (χ1n) is 31.4. The third-order valence-electron chi connectivity index (χ3n) is 16.6. The molecule has 0 saturated heterocycles. The summed E-state index contributed by atoms with van der Waals surface area (Å²) in [4.78, 5) is 4.91. The molecule has 1 aliphatic heterocycles. The first kappa shape index (κ1) is 48.7. The molecule has 86 heavy (non-hydrogen) atoms. The van der Waals surface area contributed by atoms with Gasteiger partial charge in [0.15, 0.2) is 0 Å². The Bertz CT molecular complexity index is 5170. The van der Waals surface area contributed by atoms with Gasteiger partial charge in [0.25, 0.3) is 6.33 Å². The van der Waals surface area contributed by atoms with Gasteiger partial charge < -0.3 is 13.9 Å². The van der Waals surface area contributed by atoms with E-state index in [1.54, 1.807) is 0 Å². The van der Waals surface area contributed by atoms with Crippen molar-refractivity contribution in [1.29, 1.82) is 0 Å². The zero-order chi connectivity index (χ0) is 61.9. The molecule has 3 aromatic heterocycles. The van der Waals surface area contributed by atoms with E-state index in [1.165, 1.54) is 5.56 Å². The van der Waals surface area contributed by atoms with Crippen molar-refractivity contribution >= 4 is 32.8 Å². The first-order chi connectivity index (χ1) is 43.5. The quantitative estimate of drug-likeness (QED) is 0.112. The maximum Gasteiger partial charge on any atom is 0.268 e. The van der Waals surface area contributed by atoms with E-state index in [0.717, 1.165) is 111 Å². The van der Waals surface area contributed by atoms with Crippen molar-refractivity contribution in [2.75, 3.05) is 0 Å². The number of benzene rings is 11. The Kier molecular flexibility index (Phi) is 12.1. The van der Waals surface area contributed by atoms with Crippen molar-refractivity contribution in [2.45, 2.75) is 52.4 Å². The van der Waals surface area contributed by atoms with Crippen LogP contribution in [0.3, 0.4) is 0 Å². The summed E-state index contributed by atoms with van der Waals surface area (Å²) in [6.45, 7) is 13.3. The number of imidazole rings is 1. The average Bonchev–Trinajstić information content (AvgIpc) is 1.60. The van der Waals surface area contributed by atoms with E-state index in [0.29, 0.717) is 28.3 Å². The molecular weight excluding hydrogens is 1230 g/mol. The molecule has 0 aliphatic carbocycles. The molecule has 11 aromatic carbocycles. The third-order valence-corrected chi connectivity index (χ3v) is 16.6. The fourth-order valence-corrected chi connectivity index (χ4v) is 12.3. The third kappa shape index (κ3) is 9.57. The van der Waals surface area contributed by atoms with Crippen molar-refractivity contribution in [2.24, 2.45) is 0 Å². The van der Waals surface area contributed by atoms with Gasteiger partial charge in [0.2, 0.25) is 0 Å². The van der Waals surface area contributed by atoms with Crippen LogP contribution in [-0.4, -0.2) is 14.1 Å². The first-order valence-corrected chi connectivity index (χ1v) is 28.9. The SMILES string of the molecule is [2H]c1c([2H])c([2H])c(-c2cc3c4c(c2)n(-c2[c-]c(Oc5[c-]c6c(cc5)c5ccccc5n6-c5cc(C(C)(C)C)ccn5)ccc2)[c-][n+]4-c2c(-c4cc(-c5ccccc5)cc(-c5ccccc5)c4)cccc2-c2cc(C(C)(C)C)ccc2-c2ccccc2-3)c([2H])c1[2H].[Pt]. The van der Waals surface area contributed by atoms with Gasteiger partial charge in [-0.3, -0.25) is 4.57 Å². The van der Waals surface area contributed by atoms with Crippen molar-refractivity contribution < 1.29 is 37.2 Å². The van der Waals surface area contributed by atoms with Gasteiger partial charge in [-0.25, -0.2) is 4.98 Å². The second-order valence-corrected chi connectivity index (χ2v) is 24.0. The van der Waals surface area contributed by atoms with Crippen molar-refractivity contribution in [3.05, 3.63) is 284 Å². The molecule has 1 aliphatic rings. The van der Waals surface area contributed by atoms with Crippen LogP contribution < -0.4 is 9.30 Å². The molecule has 0 bridgehead atoms. The summed E-state index contributed by atoms with van der Waals surface area (Å²) in [6.07, 6.45) is 5.82. The van der Waals surface area contributed by atoms with Crippen LogP contribution in [0.1, 0.15) is 59.5 Å². The predicted octanol–water partition coefficient (Wildman–Crippen LogP) is 20.2. The van der Waals surface area contributed by atoms with Gasteiger partial charge >= 0.3 is 0 Å². The monoisotopic (exact) mass is 1290 g/mol. The molecule has 15 rings (SSSR count). The maximum absolute atomic E-state index is 9.44. The minimum absolute atomic E-state index is 0. The van der Waals surface area contributed by atoms with E-state index in [-0.39, 0.29) is 49.5 Å². The van der Waals surface area contributed by atoms with Crippen LogP contribution >= 0.6 is 0 Å². The van der Waals surface area contributed by atoms with Gasteiger partial charge in [-0.15, -0.1) is 29.7 Å². The van der Waals surface area contributed by atoms with Crippen LogP contribution in [0.5, 0.6) is 11.5 Å². The van der Waals surface area contributed by atoms with Crippen LogP contribution in [0.2, 0.25) is 0 Å². The van der Waals surface area contributed by atoms with Gasteiger partial charge in [-0.1, -0.05) is 223 Å². The number of hydrogen-bond donors (Lipinski definition) is 0. The van der Waals surface area contributed by atoms with Crippen molar-refractivity contribution in [3.8, 4) is 107 Å². The number of rotatable bonds is 8. The number of aromatic nitrogens is 4. The average molecular weight is 1290 g/mol. The molecular formula is C80H60N4OPt-2. The minimum atomic E-state index is -0.460. The zero-order valence-electron chi connectivity index (χ0n) is 53.4. The molecule has 0 radical (unpaired) electrons. The molecule has 0 spiro atoms. The molecule has 0 amide bonds. The van der Waals surface area contributed by atoms with Crippen LogP contribution in [0, 0.1) is 18.5 Å². The van der Waals surface area contributed by atoms with Crippen LogP contribution in [-0.2, 0) is 31.9 Å². The van der Waals surface area contributed by atoms with E-state index in [4.69, 9.17) is 13.8 Å². The summed E-state index contributed by atoms with van der Waals surface area (Å²) in [7, 11) is 0. The minimum Gasteiger partial charge on any atom is -0.510 e. The van der Waals surface area contributed by atoms with Crippen LogP contribution in [0.4, 0.5) is 0 Å². The topological polar surface area (TPSA) is 35.9 Å². The van der Waals surface area contributed by atoms with Gasteiger partial charge in [-0.05, 0) is 153 Å². The number of ether oxygens (including phenoxy) is 1. The fourth-order valence-electron chi connectivity index (χ4n) is 12.3. The molecule has 5 nitrogen and oxygen atoms in total. The summed E-state index contributed by atoms with van der Waals surface area (Å²) in [5.74, 6) is 1.68. The molecule has 0 atom stereocenters. The van der Waals surface area contributed by atoms with E-state index >= 15 is 0 Å². The molecule has 0 unspecified atom stereocenters. The van der Waals surface area contributed by atoms with Crippen LogP contribution in [0.25, 0.3) is 128 Å². The van der Waals surface area contributed by atoms with Crippen molar-refractivity contribution in [1.82, 2.24) is 14.1 Å². The Morgan fingerprint density at radius 3 is 1.78 bits per heavy atom. The zero-order valence-corrected chi connectivity index (χ0v) is 50.6. The number of para-hydroxylation sites is 2. The number of fused-ring (bicyclic) bond motifs is 10. The fraction of sp³-hybridized carbons (Fsp3) is 0.100. The largest absolute Gasteiger partial charge is 0.510 e. The maximum atomic E-state index is 9.44. The smallest absolute Gasteiger partial charge is 0.268 e. The van der Waals surface area contributed by atoms with Gasteiger partial charge in [0.1, 0.15) is 5.82 Å².